The third kappa shape index (κ3) is 8.53. The van der Waals surface area contributed by atoms with Gasteiger partial charge in [0.1, 0.15) is 35.9 Å². The highest BCUT2D eigenvalue weighted by atomic mass is 32.2. The van der Waals surface area contributed by atoms with Crippen LogP contribution in [0.1, 0.15) is 62.9 Å². The largest absolute Gasteiger partial charge is 0.508 e. The van der Waals surface area contributed by atoms with Gasteiger partial charge in [0, 0.05) is 24.6 Å². The number of fused-ring (bicyclic) bond motifs is 1. The number of carbonyl (C=O) groups is 2. The second-order valence-electron chi connectivity index (χ2n) is 8.46. The van der Waals surface area contributed by atoms with Crippen LogP contribution in [-0.2, 0) is 20.1 Å². The van der Waals surface area contributed by atoms with E-state index < -0.39 is 5.97 Å². The van der Waals surface area contributed by atoms with Gasteiger partial charge in [0.15, 0.2) is 0 Å². The predicted molar refractivity (Wildman–Crippen MR) is 134 cm³/mol. The number of hydrogen-bond acceptors (Lipinski definition) is 8. The monoisotopic (exact) mass is 490 g/mol. The third-order valence-corrected chi connectivity index (χ3v) is 5.58. The Balaban J connectivity index is 2.22. The standard InChI is InChI=1S/C25H34N2O6S/c1-17(2)27(18(3)4)23(30)16-33-34-26-20-11-9-7-5-6-8-10-12-32-25(31)24-19(13-20)14-21(28)15-22(24)29/h6,8-9,11,14-15,17-18,28-29H,5,7,10,12-13,16H2,1-4H3/b8-6+,11-9+,26-20+. The van der Waals surface area contributed by atoms with Crippen LogP contribution < -0.4 is 0 Å². The number of benzene rings is 1. The van der Waals surface area contributed by atoms with E-state index >= 15 is 0 Å². The van der Waals surface area contributed by atoms with Crippen molar-refractivity contribution in [1.82, 2.24) is 4.90 Å². The molecule has 1 aromatic rings. The Bertz CT molecular complexity index is 932. The Morgan fingerprint density at radius 2 is 1.79 bits per heavy atom. The van der Waals surface area contributed by atoms with E-state index in [2.05, 4.69) is 4.40 Å². The molecular weight excluding hydrogens is 456 g/mol. The van der Waals surface area contributed by atoms with Crippen LogP contribution in [0.25, 0.3) is 0 Å². The Labute approximate surface area is 205 Å². The molecule has 186 valence electrons. The molecule has 0 saturated carbocycles. The zero-order valence-corrected chi connectivity index (χ0v) is 21.0. The molecule has 8 nitrogen and oxygen atoms in total. The molecule has 0 radical (unpaired) electrons. The fourth-order valence-corrected chi connectivity index (χ4v) is 4.13. The molecule has 1 aromatic carbocycles. The third-order valence-electron chi connectivity index (χ3n) is 5.04. The van der Waals surface area contributed by atoms with Crippen molar-refractivity contribution in [2.24, 2.45) is 4.40 Å². The van der Waals surface area contributed by atoms with E-state index in [9.17, 15) is 19.8 Å². The van der Waals surface area contributed by atoms with E-state index in [1.54, 1.807) is 4.90 Å². The first kappa shape index (κ1) is 27.5. The SMILES string of the molecule is CC(C)N(C(=O)COS/N=C1\C=C\CC/C=C/CCOC(=O)c2c(O)cc(O)cc2C1)C(C)C. The van der Waals surface area contributed by atoms with Crippen LogP contribution in [0.5, 0.6) is 11.5 Å². The molecular formula is C25H34N2O6S. The number of phenolic OH excluding ortho intramolecular Hbond substituents is 2. The van der Waals surface area contributed by atoms with Crippen molar-refractivity contribution in [3.63, 3.8) is 0 Å². The van der Waals surface area contributed by atoms with Crippen molar-refractivity contribution in [3.05, 3.63) is 47.6 Å². The number of phenols is 2. The van der Waals surface area contributed by atoms with Crippen LogP contribution in [0.3, 0.4) is 0 Å². The molecule has 1 amide bonds. The molecule has 0 aliphatic carbocycles. The van der Waals surface area contributed by atoms with Gasteiger partial charge in [0.05, 0.1) is 12.3 Å². The topological polar surface area (TPSA) is 109 Å². The number of amides is 1. The van der Waals surface area contributed by atoms with Gasteiger partial charge in [-0.2, -0.15) is 4.40 Å². The Morgan fingerprint density at radius 3 is 2.50 bits per heavy atom. The molecule has 2 N–H and O–H groups in total. The van der Waals surface area contributed by atoms with Crippen molar-refractivity contribution in [2.45, 2.75) is 65.5 Å². The first-order valence-electron chi connectivity index (χ1n) is 11.4. The van der Waals surface area contributed by atoms with E-state index in [-0.39, 0.29) is 54.7 Å². The Kier molecular flexibility index (Phi) is 11.2. The minimum Gasteiger partial charge on any atom is -0.508 e. The van der Waals surface area contributed by atoms with Gasteiger partial charge < -0.3 is 19.8 Å². The van der Waals surface area contributed by atoms with Crippen LogP contribution in [0.4, 0.5) is 0 Å². The number of allylic oxidation sites excluding steroid dienone is 3. The summed E-state index contributed by atoms with van der Waals surface area (Å²) in [6, 6.07) is 2.62. The molecule has 1 aliphatic heterocycles. The molecule has 1 heterocycles. The summed E-state index contributed by atoms with van der Waals surface area (Å²) in [6.45, 7) is 7.87. The summed E-state index contributed by atoms with van der Waals surface area (Å²) in [7, 11) is 0. The average Bonchev–Trinajstić information content (AvgIpc) is 2.73. The predicted octanol–water partition coefficient (Wildman–Crippen LogP) is 4.76. The van der Waals surface area contributed by atoms with E-state index in [1.807, 2.05) is 52.0 Å². The quantitative estimate of drug-likeness (QED) is 0.195. The molecule has 34 heavy (non-hydrogen) atoms. The molecule has 9 heteroatoms. The molecule has 0 spiro atoms. The van der Waals surface area contributed by atoms with E-state index in [0.29, 0.717) is 17.7 Å². The fourth-order valence-electron chi connectivity index (χ4n) is 3.70. The summed E-state index contributed by atoms with van der Waals surface area (Å²) < 4.78 is 15.1. The Morgan fingerprint density at radius 1 is 1.12 bits per heavy atom. The minimum absolute atomic E-state index is 0.00876. The fraction of sp³-hybridized carbons (Fsp3) is 0.480. The maximum Gasteiger partial charge on any atom is 0.342 e. The van der Waals surface area contributed by atoms with Crippen LogP contribution in [0.15, 0.2) is 40.8 Å². The number of nitrogens with zero attached hydrogens (tertiary/aromatic N) is 2. The second-order valence-corrected chi connectivity index (χ2v) is 9.03. The highest BCUT2D eigenvalue weighted by Crippen LogP contribution is 2.29. The van der Waals surface area contributed by atoms with Crippen molar-refractivity contribution < 1.29 is 28.7 Å². The maximum absolute atomic E-state index is 12.6. The van der Waals surface area contributed by atoms with Crippen molar-refractivity contribution in [1.29, 1.82) is 0 Å². The zero-order chi connectivity index (χ0) is 25.1. The van der Waals surface area contributed by atoms with Gasteiger partial charge in [-0.25, -0.2) is 4.79 Å². The number of esters is 1. The number of carbonyl (C=O) groups excluding carboxylic acids is 2. The lowest BCUT2D eigenvalue weighted by Crippen LogP contribution is -2.43. The number of hydrogen-bond donors (Lipinski definition) is 2. The van der Waals surface area contributed by atoms with Gasteiger partial charge in [0.2, 0.25) is 5.91 Å². The van der Waals surface area contributed by atoms with Crippen LogP contribution in [0, 0.1) is 0 Å². The zero-order valence-electron chi connectivity index (χ0n) is 20.2. The Hall–Kier alpha value is -2.78. The molecule has 0 bridgehead atoms. The number of rotatable bonds is 6. The van der Waals surface area contributed by atoms with Gasteiger partial charge in [-0.3, -0.25) is 8.98 Å². The molecule has 0 atom stereocenters. The summed E-state index contributed by atoms with van der Waals surface area (Å²) in [6.07, 6.45) is 10.1. The smallest absolute Gasteiger partial charge is 0.342 e. The van der Waals surface area contributed by atoms with Gasteiger partial charge in [0.25, 0.3) is 0 Å². The number of aromatic hydroxyl groups is 2. The minimum atomic E-state index is -0.668. The molecule has 1 aliphatic rings. The molecule has 0 aromatic heterocycles. The first-order valence-corrected chi connectivity index (χ1v) is 12.1. The van der Waals surface area contributed by atoms with Gasteiger partial charge in [-0.05, 0) is 64.7 Å². The number of cyclic esters (lactones) is 1. The van der Waals surface area contributed by atoms with Crippen LogP contribution >= 0.6 is 12.2 Å². The summed E-state index contributed by atoms with van der Waals surface area (Å²) in [5.41, 5.74) is 0.911. The van der Waals surface area contributed by atoms with Crippen LogP contribution in [0.2, 0.25) is 0 Å². The van der Waals surface area contributed by atoms with Gasteiger partial charge in [-0.15, -0.1) is 0 Å². The lowest BCUT2D eigenvalue weighted by molar-refractivity contribution is -0.136. The van der Waals surface area contributed by atoms with Crippen LogP contribution in [-0.4, -0.2) is 58.0 Å². The van der Waals surface area contributed by atoms with Crippen molar-refractivity contribution in [3.8, 4) is 11.5 Å². The summed E-state index contributed by atoms with van der Waals surface area (Å²) in [5.74, 6) is -1.33. The highest BCUT2D eigenvalue weighted by molar-refractivity contribution is 7.93. The van der Waals surface area contributed by atoms with Gasteiger partial charge in [-0.1, -0.05) is 18.2 Å². The molecule has 0 saturated heterocycles. The second kappa shape index (κ2) is 13.8. The lowest BCUT2D eigenvalue weighted by atomic mass is 10.00. The number of ether oxygens (including phenoxy) is 1. The highest BCUT2D eigenvalue weighted by Gasteiger charge is 2.21. The lowest BCUT2D eigenvalue weighted by Gasteiger charge is -2.30. The first-order chi connectivity index (χ1) is 16.2. The molecule has 0 unspecified atom stereocenters. The molecule has 0 fully saturated rings. The maximum atomic E-state index is 12.6. The van der Waals surface area contributed by atoms with E-state index in [1.165, 1.54) is 6.07 Å². The normalized spacial score (nSPS) is 18.3. The molecule has 2 rings (SSSR count). The van der Waals surface area contributed by atoms with E-state index in [0.717, 1.165) is 31.1 Å². The van der Waals surface area contributed by atoms with Crippen molar-refractivity contribution in [2.75, 3.05) is 13.2 Å². The summed E-state index contributed by atoms with van der Waals surface area (Å²) in [5, 5.41) is 20.3. The van der Waals surface area contributed by atoms with Crippen molar-refractivity contribution >= 4 is 29.8 Å². The average molecular weight is 491 g/mol. The van der Waals surface area contributed by atoms with E-state index in [4.69, 9.17) is 8.92 Å². The summed E-state index contributed by atoms with van der Waals surface area (Å²) in [4.78, 5) is 26.8. The van der Waals surface area contributed by atoms with Gasteiger partial charge >= 0.3 is 5.97 Å². The summed E-state index contributed by atoms with van der Waals surface area (Å²) >= 11 is 0.792.